The van der Waals surface area contributed by atoms with Gasteiger partial charge in [0.1, 0.15) is 23.8 Å². The Hall–Kier alpha value is -2.51. The van der Waals surface area contributed by atoms with Crippen molar-refractivity contribution in [3.8, 4) is 0 Å². The average molecular weight is 459 g/mol. The van der Waals surface area contributed by atoms with E-state index >= 15 is 0 Å². The number of H-pyrrole nitrogens is 1. The Morgan fingerprint density at radius 2 is 1.94 bits per heavy atom. The fourth-order valence-corrected chi connectivity index (χ4v) is 5.29. The third-order valence-electron chi connectivity index (χ3n) is 6.39. The van der Waals surface area contributed by atoms with Crippen molar-refractivity contribution in [3.05, 3.63) is 46.8 Å². The molecular weight excluding hydrogens is 435 g/mol. The summed E-state index contributed by atoms with van der Waals surface area (Å²) >= 11 is 12.2. The largest absolute Gasteiger partial charge is 0.374 e. The lowest BCUT2D eigenvalue weighted by Crippen LogP contribution is -2.53. The van der Waals surface area contributed by atoms with Gasteiger partial charge in [-0.3, -0.25) is 4.79 Å². The Morgan fingerprint density at radius 1 is 1.13 bits per heavy atom. The summed E-state index contributed by atoms with van der Waals surface area (Å²) in [6, 6.07) is 7.16. The van der Waals surface area contributed by atoms with Crippen LogP contribution in [0.3, 0.4) is 0 Å². The first-order valence-electron chi connectivity index (χ1n) is 10.6. The summed E-state index contributed by atoms with van der Waals surface area (Å²) in [6.45, 7) is 4.65. The molecule has 4 heterocycles. The van der Waals surface area contributed by atoms with Crippen LogP contribution in [0, 0.1) is 5.92 Å². The van der Waals surface area contributed by atoms with Crippen molar-refractivity contribution in [1.82, 2.24) is 19.9 Å². The van der Waals surface area contributed by atoms with Gasteiger partial charge in [-0.25, -0.2) is 9.97 Å². The van der Waals surface area contributed by atoms with Crippen LogP contribution < -0.4 is 10.2 Å². The molecule has 3 aromatic rings. The molecule has 2 aromatic heterocycles. The number of carbonyl (C=O) groups excluding carboxylic acids is 1. The normalized spacial score (nSPS) is 24.2. The Balaban J connectivity index is 1.33. The van der Waals surface area contributed by atoms with Gasteiger partial charge in [0.15, 0.2) is 0 Å². The molecule has 2 fully saturated rings. The summed E-state index contributed by atoms with van der Waals surface area (Å²) in [5.41, 5.74) is 1.61. The van der Waals surface area contributed by atoms with Crippen LogP contribution in [0.5, 0.6) is 0 Å². The maximum Gasteiger partial charge on any atom is 0.245 e. The number of anilines is 2. The van der Waals surface area contributed by atoms with Crippen LogP contribution in [-0.2, 0) is 4.79 Å². The second-order valence-corrected chi connectivity index (χ2v) is 9.26. The van der Waals surface area contributed by atoms with E-state index in [4.69, 9.17) is 23.2 Å². The smallest absolute Gasteiger partial charge is 0.245 e. The quantitative estimate of drug-likeness (QED) is 0.612. The highest BCUT2D eigenvalue weighted by Gasteiger charge is 2.40. The Morgan fingerprint density at radius 3 is 2.74 bits per heavy atom. The van der Waals surface area contributed by atoms with E-state index in [0.717, 1.165) is 55.0 Å². The zero-order chi connectivity index (χ0) is 21.5. The number of aromatic nitrogens is 3. The lowest BCUT2D eigenvalue weighted by Gasteiger charge is -2.42. The van der Waals surface area contributed by atoms with Gasteiger partial charge in [-0.05, 0) is 43.0 Å². The molecule has 9 heteroatoms. The number of rotatable bonds is 4. The van der Waals surface area contributed by atoms with Gasteiger partial charge in [0, 0.05) is 41.6 Å². The van der Waals surface area contributed by atoms with Crippen LogP contribution in [0.1, 0.15) is 19.8 Å². The van der Waals surface area contributed by atoms with Crippen molar-refractivity contribution in [1.29, 1.82) is 0 Å². The third-order valence-corrected chi connectivity index (χ3v) is 6.83. The number of benzene rings is 1. The summed E-state index contributed by atoms with van der Waals surface area (Å²) in [5, 5.41) is 5.44. The molecule has 1 aromatic carbocycles. The summed E-state index contributed by atoms with van der Waals surface area (Å²) in [6.07, 6.45) is 5.24. The first kappa shape index (κ1) is 20.4. The van der Waals surface area contributed by atoms with E-state index in [9.17, 15) is 4.79 Å². The number of hydrogen-bond acceptors (Lipinski definition) is 5. The number of fused-ring (bicyclic) bond motifs is 1. The standard InChI is InChI=1S/C22H24Cl2N6O/c1-13-3-6-29(21-17-2-5-25-20(17)26-12-27-21)11-19(13)30-7-4-18(22(30)31)28-16-9-14(23)8-15(24)10-16/h2,5,8-10,12-13,18-19,28H,3-4,6-7,11H2,1H3,(H,25,26,27)/t13-,18?,19-/m0/s1. The van der Waals surface area contributed by atoms with Gasteiger partial charge in [-0.2, -0.15) is 0 Å². The maximum atomic E-state index is 13.3. The fourth-order valence-electron chi connectivity index (χ4n) is 4.76. The molecule has 162 valence electrons. The van der Waals surface area contributed by atoms with Crippen LogP contribution in [0.4, 0.5) is 11.5 Å². The van der Waals surface area contributed by atoms with Crippen molar-refractivity contribution in [2.24, 2.45) is 5.92 Å². The predicted octanol–water partition coefficient (Wildman–Crippen LogP) is 4.19. The van der Waals surface area contributed by atoms with Crippen molar-refractivity contribution < 1.29 is 4.79 Å². The fraction of sp³-hybridized carbons (Fsp3) is 0.409. The van der Waals surface area contributed by atoms with Gasteiger partial charge in [-0.15, -0.1) is 0 Å². The first-order valence-corrected chi connectivity index (χ1v) is 11.3. The number of halogens is 2. The Bertz CT molecular complexity index is 1100. The van der Waals surface area contributed by atoms with Gasteiger partial charge in [-0.1, -0.05) is 30.1 Å². The maximum absolute atomic E-state index is 13.3. The molecule has 0 spiro atoms. The van der Waals surface area contributed by atoms with Crippen LogP contribution in [-0.4, -0.2) is 57.5 Å². The molecule has 0 bridgehead atoms. The summed E-state index contributed by atoms with van der Waals surface area (Å²) in [5.74, 6) is 1.48. The average Bonchev–Trinajstić information content (AvgIpc) is 3.35. The molecule has 1 amide bonds. The highest BCUT2D eigenvalue weighted by atomic mass is 35.5. The van der Waals surface area contributed by atoms with E-state index in [1.54, 1.807) is 24.5 Å². The van der Waals surface area contributed by atoms with E-state index in [1.165, 1.54) is 0 Å². The van der Waals surface area contributed by atoms with Gasteiger partial charge in [0.25, 0.3) is 0 Å². The number of carbonyl (C=O) groups is 1. The first-order chi connectivity index (χ1) is 15.0. The highest BCUT2D eigenvalue weighted by Crippen LogP contribution is 2.32. The molecule has 5 rings (SSSR count). The number of hydrogen-bond donors (Lipinski definition) is 2. The van der Waals surface area contributed by atoms with E-state index in [-0.39, 0.29) is 18.0 Å². The minimum atomic E-state index is -0.271. The van der Waals surface area contributed by atoms with Crippen molar-refractivity contribution >= 4 is 51.6 Å². The molecule has 2 aliphatic rings. The molecule has 1 unspecified atom stereocenters. The van der Waals surface area contributed by atoms with E-state index in [2.05, 4.69) is 32.1 Å². The molecule has 2 aliphatic heterocycles. The number of amides is 1. The van der Waals surface area contributed by atoms with E-state index in [1.807, 2.05) is 17.2 Å². The molecule has 31 heavy (non-hydrogen) atoms. The highest BCUT2D eigenvalue weighted by molar-refractivity contribution is 6.35. The van der Waals surface area contributed by atoms with E-state index in [0.29, 0.717) is 16.0 Å². The molecule has 0 aliphatic carbocycles. The van der Waals surface area contributed by atoms with Crippen LogP contribution in [0.2, 0.25) is 10.0 Å². The molecular formula is C22H24Cl2N6O. The SMILES string of the molecule is C[C@H]1CCN(c2ncnc3[nH]ccc23)C[C@@H]1N1CCC(Nc2cc(Cl)cc(Cl)c2)C1=O. The number of nitrogens with zero attached hydrogens (tertiary/aromatic N) is 4. The third kappa shape index (κ3) is 3.92. The summed E-state index contributed by atoms with van der Waals surface area (Å²) in [4.78, 5) is 29.6. The van der Waals surface area contributed by atoms with Gasteiger partial charge in [0.05, 0.1) is 11.4 Å². The van der Waals surface area contributed by atoms with Crippen LogP contribution in [0.25, 0.3) is 11.0 Å². The van der Waals surface area contributed by atoms with E-state index < -0.39 is 0 Å². The van der Waals surface area contributed by atoms with Gasteiger partial charge in [0.2, 0.25) is 5.91 Å². The van der Waals surface area contributed by atoms with Crippen LogP contribution >= 0.6 is 23.2 Å². The molecule has 0 radical (unpaired) electrons. The summed E-state index contributed by atoms with van der Waals surface area (Å²) in [7, 11) is 0. The number of nitrogens with one attached hydrogen (secondary N) is 2. The topological polar surface area (TPSA) is 77.2 Å². The Labute approximate surface area is 190 Å². The minimum Gasteiger partial charge on any atom is -0.374 e. The molecule has 2 N–H and O–H groups in total. The minimum absolute atomic E-state index is 0.129. The predicted molar refractivity (Wildman–Crippen MR) is 124 cm³/mol. The van der Waals surface area contributed by atoms with Gasteiger partial charge < -0.3 is 20.1 Å². The lowest BCUT2D eigenvalue weighted by atomic mass is 9.92. The number of likely N-dealkylation sites (tertiary alicyclic amines) is 1. The molecule has 0 saturated carbocycles. The zero-order valence-corrected chi connectivity index (χ0v) is 18.7. The second-order valence-electron chi connectivity index (χ2n) is 8.39. The van der Waals surface area contributed by atoms with Gasteiger partial charge >= 0.3 is 0 Å². The molecule has 2 saturated heterocycles. The van der Waals surface area contributed by atoms with Crippen LogP contribution in [0.15, 0.2) is 36.8 Å². The Kier molecular flexibility index (Phi) is 5.40. The molecule has 7 nitrogen and oxygen atoms in total. The lowest BCUT2D eigenvalue weighted by molar-refractivity contribution is -0.131. The van der Waals surface area contributed by atoms with Crippen molar-refractivity contribution in [3.63, 3.8) is 0 Å². The number of piperidine rings is 1. The van der Waals surface area contributed by atoms with Crippen molar-refractivity contribution in [2.75, 3.05) is 29.9 Å². The molecule has 3 atom stereocenters. The monoisotopic (exact) mass is 458 g/mol. The summed E-state index contributed by atoms with van der Waals surface area (Å²) < 4.78 is 0. The number of aromatic amines is 1. The zero-order valence-electron chi connectivity index (χ0n) is 17.2. The van der Waals surface area contributed by atoms with Crippen molar-refractivity contribution in [2.45, 2.75) is 31.8 Å². The second kappa shape index (κ2) is 8.20.